The third kappa shape index (κ3) is 3.25. The molecule has 128 valence electrons. The number of hydrogen-bond donors (Lipinski definition) is 2. The maximum absolute atomic E-state index is 5.53. The zero-order chi connectivity index (χ0) is 17.1. The van der Waals surface area contributed by atoms with Crippen molar-refractivity contribution >= 4 is 0 Å². The highest BCUT2D eigenvalue weighted by Crippen LogP contribution is 2.34. The third-order valence-corrected chi connectivity index (χ3v) is 4.98. The maximum Gasteiger partial charge on any atom is 0.166 e. The highest BCUT2D eigenvalue weighted by Gasteiger charge is 2.36. The van der Waals surface area contributed by atoms with Crippen LogP contribution in [0.25, 0.3) is 0 Å². The van der Waals surface area contributed by atoms with E-state index in [2.05, 4.69) is 55.1 Å². The number of quaternary nitrogens is 2. The van der Waals surface area contributed by atoms with Crippen LogP contribution in [-0.4, -0.2) is 26.8 Å². The first-order valence-corrected chi connectivity index (χ1v) is 8.60. The van der Waals surface area contributed by atoms with Gasteiger partial charge in [0.05, 0.1) is 20.8 Å². The number of rotatable bonds is 5. The van der Waals surface area contributed by atoms with E-state index in [9.17, 15) is 0 Å². The molecule has 1 aliphatic heterocycles. The van der Waals surface area contributed by atoms with Crippen LogP contribution in [0.15, 0.2) is 42.5 Å². The normalized spacial score (nSPS) is 21.0. The van der Waals surface area contributed by atoms with Gasteiger partial charge >= 0.3 is 0 Å². The molecule has 4 heteroatoms. The van der Waals surface area contributed by atoms with Gasteiger partial charge in [0, 0.05) is 17.5 Å². The summed E-state index contributed by atoms with van der Waals surface area (Å²) < 4.78 is 11.0. The van der Waals surface area contributed by atoms with E-state index in [1.165, 1.54) is 16.7 Å². The lowest BCUT2D eigenvalue weighted by atomic mass is 9.88. The van der Waals surface area contributed by atoms with Crippen LogP contribution in [0.5, 0.6) is 11.5 Å². The second-order valence-electron chi connectivity index (χ2n) is 6.68. The van der Waals surface area contributed by atoms with Crippen LogP contribution in [0, 0.1) is 0 Å². The molecule has 4 nitrogen and oxygen atoms in total. The Morgan fingerprint density at radius 2 is 1.79 bits per heavy atom. The summed E-state index contributed by atoms with van der Waals surface area (Å²) in [5.41, 5.74) is 8.45. The lowest BCUT2D eigenvalue weighted by Gasteiger charge is -2.35. The summed E-state index contributed by atoms with van der Waals surface area (Å²) in [6.07, 6.45) is 1.06. The largest absolute Gasteiger partial charge is 0.493 e. The van der Waals surface area contributed by atoms with E-state index in [1.807, 2.05) is 0 Å². The summed E-state index contributed by atoms with van der Waals surface area (Å²) in [5.74, 6) is 1.63. The lowest BCUT2D eigenvalue weighted by Crippen LogP contribution is -3.14. The van der Waals surface area contributed by atoms with Crippen LogP contribution in [0.1, 0.15) is 29.7 Å². The SMILES string of the molecule is COc1cc2c(cc1OC)[C@H]([C@H](C)[NH3+])[NH+](Cc1ccccc1)CC2. The summed E-state index contributed by atoms with van der Waals surface area (Å²) in [7, 11) is 3.39. The van der Waals surface area contributed by atoms with Gasteiger partial charge in [-0.15, -0.1) is 0 Å². The van der Waals surface area contributed by atoms with Crippen molar-refractivity contribution < 1.29 is 20.1 Å². The topological polar surface area (TPSA) is 50.5 Å². The van der Waals surface area contributed by atoms with Gasteiger partial charge in [0.2, 0.25) is 0 Å². The summed E-state index contributed by atoms with van der Waals surface area (Å²) >= 11 is 0. The Hall–Kier alpha value is -2.04. The van der Waals surface area contributed by atoms with Crippen molar-refractivity contribution in [2.45, 2.75) is 32.0 Å². The highest BCUT2D eigenvalue weighted by atomic mass is 16.5. The molecule has 2 aromatic rings. The van der Waals surface area contributed by atoms with Crippen molar-refractivity contribution in [3.63, 3.8) is 0 Å². The Morgan fingerprint density at radius 1 is 1.12 bits per heavy atom. The van der Waals surface area contributed by atoms with E-state index in [1.54, 1.807) is 19.1 Å². The molecule has 0 amide bonds. The van der Waals surface area contributed by atoms with Gasteiger partial charge in [0.25, 0.3) is 0 Å². The van der Waals surface area contributed by atoms with Crippen LogP contribution in [-0.2, 0) is 13.0 Å². The van der Waals surface area contributed by atoms with Crippen LogP contribution in [0.4, 0.5) is 0 Å². The fourth-order valence-corrected chi connectivity index (χ4v) is 3.88. The molecule has 2 aromatic carbocycles. The summed E-state index contributed by atoms with van der Waals surface area (Å²) in [6.45, 7) is 4.35. The lowest BCUT2D eigenvalue weighted by molar-refractivity contribution is -0.957. The number of fused-ring (bicyclic) bond motifs is 1. The summed E-state index contributed by atoms with van der Waals surface area (Å²) in [6, 6.07) is 15.7. The molecule has 3 rings (SSSR count). The number of methoxy groups -OCH3 is 2. The van der Waals surface area contributed by atoms with E-state index in [4.69, 9.17) is 9.47 Å². The fraction of sp³-hybridized carbons (Fsp3) is 0.400. The standard InChI is InChI=1S/C20H26N2O2/c1-14(21)20-17-12-19(24-3)18(23-2)11-16(17)9-10-22(20)13-15-7-5-4-6-8-15/h4-8,11-12,14,20H,9-10,13,21H2,1-3H3/p+2/t14-,20-/m0/s1. The molecular formula is C20H28N2O2+2. The Labute approximate surface area is 144 Å². The van der Waals surface area contributed by atoms with E-state index in [0.29, 0.717) is 12.1 Å². The minimum Gasteiger partial charge on any atom is -0.493 e. The van der Waals surface area contributed by atoms with Gasteiger partial charge in [0.1, 0.15) is 12.6 Å². The number of hydrogen-bond acceptors (Lipinski definition) is 2. The summed E-state index contributed by atoms with van der Waals surface area (Å²) in [5, 5.41) is 0. The molecule has 0 bridgehead atoms. The maximum atomic E-state index is 5.53. The molecule has 1 heterocycles. The Morgan fingerprint density at radius 3 is 2.42 bits per heavy atom. The Balaban J connectivity index is 1.96. The van der Waals surface area contributed by atoms with Crippen molar-refractivity contribution in [1.82, 2.24) is 0 Å². The van der Waals surface area contributed by atoms with E-state index < -0.39 is 0 Å². The van der Waals surface area contributed by atoms with Gasteiger partial charge in [-0.1, -0.05) is 30.3 Å². The Kier molecular flexibility index (Phi) is 5.07. The monoisotopic (exact) mass is 328 g/mol. The van der Waals surface area contributed by atoms with Gasteiger partial charge in [-0.25, -0.2) is 0 Å². The van der Waals surface area contributed by atoms with Gasteiger partial charge in [0.15, 0.2) is 17.5 Å². The van der Waals surface area contributed by atoms with Crippen molar-refractivity contribution in [1.29, 1.82) is 0 Å². The third-order valence-electron chi connectivity index (χ3n) is 4.98. The smallest absolute Gasteiger partial charge is 0.166 e. The molecule has 0 radical (unpaired) electrons. The van der Waals surface area contributed by atoms with E-state index in [-0.39, 0.29) is 0 Å². The average Bonchev–Trinajstić information content (AvgIpc) is 2.60. The van der Waals surface area contributed by atoms with Crippen LogP contribution < -0.4 is 20.1 Å². The quantitative estimate of drug-likeness (QED) is 0.861. The van der Waals surface area contributed by atoms with E-state index in [0.717, 1.165) is 31.0 Å². The zero-order valence-corrected chi connectivity index (χ0v) is 14.8. The van der Waals surface area contributed by atoms with Crippen molar-refractivity contribution in [3.05, 3.63) is 59.2 Å². The molecule has 0 spiro atoms. The molecule has 0 fully saturated rings. The molecule has 24 heavy (non-hydrogen) atoms. The minimum atomic E-state index is 0.320. The second kappa shape index (κ2) is 7.24. The first kappa shape index (κ1) is 16.8. The van der Waals surface area contributed by atoms with Gasteiger partial charge < -0.3 is 20.1 Å². The molecule has 1 aliphatic rings. The average molecular weight is 328 g/mol. The molecule has 0 aliphatic carbocycles. The van der Waals surface area contributed by atoms with Crippen molar-refractivity contribution in [2.75, 3.05) is 20.8 Å². The fourth-order valence-electron chi connectivity index (χ4n) is 3.88. The van der Waals surface area contributed by atoms with Crippen LogP contribution in [0.2, 0.25) is 0 Å². The molecular weight excluding hydrogens is 300 g/mol. The second-order valence-corrected chi connectivity index (χ2v) is 6.68. The van der Waals surface area contributed by atoms with Gasteiger partial charge in [-0.2, -0.15) is 0 Å². The Bertz CT molecular complexity index is 686. The number of benzene rings is 2. The number of ether oxygens (including phenoxy) is 2. The van der Waals surface area contributed by atoms with Crippen molar-refractivity contribution in [2.24, 2.45) is 0 Å². The molecule has 0 saturated heterocycles. The van der Waals surface area contributed by atoms with Crippen LogP contribution >= 0.6 is 0 Å². The van der Waals surface area contributed by atoms with E-state index >= 15 is 0 Å². The number of nitrogens with one attached hydrogen (secondary N) is 1. The predicted octanol–water partition coefficient (Wildman–Crippen LogP) is 1.02. The summed E-state index contributed by atoms with van der Waals surface area (Å²) in [4.78, 5) is 1.57. The first-order chi connectivity index (χ1) is 11.6. The molecule has 4 N–H and O–H groups in total. The molecule has 0 aromatic heterocycles. The highest BCUT2D eigenvalue weighted by molar-refractivity contribution is 5.49. The predicted molar refractivity (Wildman–Crippen MR) is 94.3 cm³/mol. The first-order valence-electron chi connectivity index (χ1n) is 8.60. The van der Waals surface area contributed by atoms with Gasteiger partial charge in [-0.3, -0.25) is 0 Å². The van der Waals surface area contributed by atoms with Gasteiger partial charge in [-0.05, 0) is 24.6 Å². The molecule has 0 saturated carbocycles. The molecule has 1 unspecified atom stereocenters. The zero-order valence-electron chi connectivity index (χ0n) is 14.8. The van der Waals surface area contributed by atoms with Crippen LogP contribution in [0.3, 0.4) is 0 Å². The minimum absolute atomic E-state index is 0.320. The molecule has 3 atom stereocenters. The van der Waals surface area contributed by atoms with Crippen molar-refractivity contribution in [3.8, 4) is 11.5 Å².